The lowest BCUT2D eigenvalue weighted by atomic mass is 9.74. The molecule has 0 heterocycles. The fourth-order valence-corrected chi connectivity index (χ4v) is 3.25. The van der Waals surface area contributed by atoms with E-state index in [1.54, 1.807) is 13.2 Å². The van der Waals surface area contributed by atoms with E-state index in [1.807, 2.05) is 6.07 Å². The average molecular weight is 295 g/mol. The highest BCUT2D eigenvalue weighted by molar-refractivity contribution is 5.30. The lowest BCUT2D eigenvalue weighted by molar-refractivity contribution is -0.0659. The Hall–Kier alpha value is -1.13. The predicted octanol–water partition coefficient (Wildman–Crippen LogP) is 3.30. The van der Waals surface area contributed by atoms with E-state index in [0.29, 0.717) is 6.42 Å². The highest BCUT2D eigenvalue weighted by Gasteiger charge is 2.39. The summed E-state index contributed by atoms with van der Waals surface area (Å²) in [7, 11) is 3.21. The average Bonchev–Trinajstić information content (AvgIpc) is 2.48. The third-order valence-corrected chi connectivity index (χ3v) is 4.87. The molecule has 1 unspecified atom stereocenters. The number of halogens is 1. The van der Waals surface area contributed by atoms with Crippen molar-refractivity contribution in [1.82, 2.24) is 0 Å². The zero-order valence-corrected chi connectivity index (χ0v) is 13.2. The Labute approximate surface area is 126 Å². The molecule has 1 atom stereocenters. The minimum atomic E-state index is -0.342. The van der Waals surface area contributed by atoms with Crippen molar-refractivity contribution >= 4 is 0 Å². The maximum Gasteiger partial charge on any atom is 0.165 e. The molecule has 0 aliphatic heterocycles. The molecule has 0 radical (unpaired) electrons. The molecule has 21 heavy (non-hydrogen) atoms. The van der Waals surface area contributed by atoms with E-state index in [9.17, 15) is 4.39 Å². The van der Waals surface area contributed by atoms with Crippen LogP contribution < -0.4 is 10.5 Å². The first-order valence-electron chi connectivity index (χ1n) is 7.64. The van der Waals surface area contributed by atoms with Gasteiger partial charge in [-0.2, -0.15) is 0 Å². The van der Waals surface area contributed by atoms with Crippen molar-refractivity contribution in [1.29, 1.82) is 0 Å². The number of hydrogen-bond donors (Lipinski definition) is 1. The second-order valence-electron chi connectivity index (χ2n) is 6.23. The molecule has 3 nitrogen and oxygen atoms in total. The van der Waals surface area contributed by atoms with Gasteiger partial charge in [-0.3, -0.25) is 0 Å². The van der Waals surface area contributed by atoms with E-state index in [-0.39, 0.29) is 23.2 Å². The summed E-state index contributed by atoms with van der Waals surface area (Å²) in [5.41, 5.74) is 7.02. The molecule has 0 saturated heterocycles. The van der Waals surface area contributed by atoms with Crippen LogP contribution in [0.2, 0.25) is 0 Å². The number of benzene rings is 1. The van der Waals surface area contributed by atoms with E-state index in [1.165, 1.54) is 13.2 Å². The molecule has 1 saturated carbocycles. The van der Waals surface area contributed by atoms with Crippen molar-refractivity contribution in [3.63, 3.8) is 0 Å². The van der Waals surface area contributed by atoms with E-state index < -0.39 is 0 Å². The topological polar surface area (TPSA) is 44.5 Å². The van der Waals surface area contributed by atoms with Crippen LogP contribution >= 0.6 is 0 Å². The van der Waals surface area contributed by atoms with Gasteiger partial charge in [0.1, 0.15) is 0 Å². The molecule has 0 spiro atoms. The predicted molar refractivity (Wildman–Crippen MR) is 82.0 cm³/mol. The summed E-state index contributed by atoms with van der Waals surface area (Å²) in [6.07, 6.45) is 4.84. The fraction of sp³-hybridized carbons (Fsp3) is 0.647. The Morgan fingerprint density at radius 2 is 2.00 bits per heavy atom. The first kappa shape index (κ1) is 16.2. The molecule has 1 aliphatic rings. The van der Waals surface area contributed by atoms with E-state index in [0.717, 1.165) is 37.2 Å². The second kappa shape index (κ2) is 6.75. The van der Waals surface area contributed by atoms with Gasteiger partial charge in [-0.25, -0.2) is 4.39 Å². The monoisotopic (exact) mass is 295 g/mol. The summed E-state index contributed by atoms with van der Waals surface area (Å²) in [6, 6.07) is 4.91. The molecule has 0 aromatic heterocycles. The summed E-state index contributed by atoms with van der Waals surface area (Å²) >= 11 is 0. The van der Waals surface area contributed by atoms with Crippen molar-refractivity contribution in [2.24, 2.45) is 11.7 Å². The standard InChI is InChI=1S/C17H26FNO2/c1-12-6-8-17(21-3,9-7-12)16(19)11-13-4-5-15(20-2)14(18)10-13/h4-5,10,12,16H,6-9,11,19H2,1-3H3. The Kier molecular flexibility index (Phi) is 5.22. The molecule has 1 fully saturated rings. The highest BCUT2D eigenvalue weighted by Crippen LogP contribution is 2.37. The lowest BCUT2D eigenvalue weighted by Crippen LogP contribution is -2.52. The van der Waals surface area contributed by atoms with Gasteiger partial charge in [-0.15, -0.1) is 0 Å². The Morgan fingerprint density at radius 3 is 2.52 bits per heavy atom. The normalized spacial score (nSPS) is 27.4. The smallest absolute Gasteiger partial charge is 0.165 e. The number of rotatable bonds is 5. The Bertz CT molecular complexity index is 470. The third-order valence-electron chi connectivity index (χ3n) is 4.87. The molecule has 2 N–H and O–H groups in total. The van der Waals surface area contributed by atoms with Crippen LogP contribution in [-0.4, -0.2) is 25.9 Å². The van der Waals surface area contributed by atoms with E-state index in [4.69, 9.17) is 15.2 Å². The molecule has 118 valence electrons. The maximum atomic E-state index is 13.8. The molecular weight excluding hydrogens is 269 g/mol. The van der Waals surface area contributed by atoms with Gasteiger partial charge >= 0.3 is 0 Å². The van der Waals surface area contributed by atoms with Crippen LogP contribution in [0.4, 0.5) is 4.39 Å². The molecular formula is C17H26FNO2. The minimum Gasteiger partial charge on any atom is -0.494 e. The van der Waals surface area contributed by atoms with Crippen LogP contribution in [0, 0.1) is 11.7 Å². The number of nitrogens with two attached hydrogens (primary N) is 1. The van der Waals surface area contributed by atoms with Crippen molar-refractivity contribution in [3.05, 3.63) is 29.6 Å². The summed E-state index contributed by atoms with van der Waals surface area (Å²) in [5.74, 6) is 0.658. The van der Waals surface area contributed by atoms with Gasteiger partial charge in [-0.1, -0.05) is 13.0 Å². The molecule has 1 aliphatic carbocycles. The molecule has 1 aromatic carbocycles. The van der Waals surface area contributed by atoms with Gasteiger partial charge in [0.05, 0.1) is 12.7 Å². The SMILES string of the molecule is COc1ccc(CC(N)C2(OC)CCC(C)CC2)cc1F. The van der Waals surface area contributed by atoms with Gasteiger partial charge < -0.3 is 15.2 Å². The van der Waals surface area contributed by atoms with Gasteiger partial charge in [0.15, 0.2) is 11.6 Å². The Balaban J connectivity index is 2.09. The zero-order chi connectivity index (χ0) is 15.5. The Morgan fingerprint density at radius 1 is 1.33 bits per heavy atom. The zero-order valence-electron chi connectivity index (χ0n) is 13.2. The van der Waals surface area contributed by atoms with Gasteiger partial charge in [-0.05, 0) is 55.7 Å². The molecule has 2 rings (SSSR count). The van der Waals surface area contributed by atoms with Crippen molar-refractivity contribution in [2.75, 3.05) is 14.2 Å². The van der Waals surface area contributed by atoms with Crippen LogP contribution in [0.5, 0.6) is 5.75 Å². The van der Waals surface area contributed by atoms with Crippen LogP contribution in [0.3, 0.4) is 0 Å². The molecule has 0 bridgehead atoms. The number of methoxy groups -OCH3 is 2. The summed E-state index contributed by atoms with van der Waals surface area (Å²) < 4.78 is 24.5. The second-order valence-corrected chi connectivity index (χ2v) is 6.23. The van der Waals surface area contributed by atoms with Gasteiger partial charge in [0, 0.05) is 13.2 Å². The largest absolute Gasteiger partial charge is 0.494 e. The van der Waals surface area contributed by atoms with Gasteiger partial charge in [0.2, 0.25) is 0 Å². The van der Waals surface area contributed by atoms with Crippen LogP contribution in [0.1, 0.15) is 38.2 Å². The van der Waals surface area contributed by atoms with Crippen LogP contribution in [-0.2, 0) is 11.2 Å². The maximum absolute atomic E-state index is 13.8. The minimum absolute atomic E-state index is 0.122. The first-order chi connectivity index (χ1) is 10.0. The van der Waals surface area contributed by atoms with E-state index in [2.05, 4.69) is 6.92 Å². The van der Waals surface area contributed by atoms with Crippen LogP contribution in [0.15, 0.2) is 18.2 Å². The summed E-state index contributed by atoms with van der Waals surface area (Å²) in [4.78, 5) is 0. The van der Waals surface area contributed by atoms with E-state index >= 15 is 0 Å². The van der Waals surface area contributed by atoms with Crippen molar-refractivity contribution < 1.29 is 13.9 Å². The van der Waals surface area contributed by atoms with Gasteiger partial charge in [0.25, 0.3) is 0 Å². The lowest BCUT2D eigenvalue weighted by Gasteiger charge is -2.42. The molecule has 1 aromatic rings. The molecule has 4 heteroatoms. The van der Waals surface area contributed by atoms with Crippen molar-refractivity contribution in [3.8, 4) is 5.75 Å². The van der Waals surface area contributed by atoms with Crippen molar-refractivity contribution in [2.45, 2.75) is 50.7 Å². The summed E-state index contributed by atoms with van der Waals surface area (Å²) in [6.45, 7) is 2.27. The molecule has 0 amide bonds. The number of hydrogen-bond acceptors (Lipinski definition) is 3. The fourth-order valence-electron chi connectivity index (χ4n) is 3.25. The highest BCUT2D eigenvalue weighted by atomic mass is 19.1. The number of ether oxygens (including phenoxy) is 2. The first-order valence-corrected chi connectivity index (χ1v) is 7.64. The third kappa shape index (κ3) is 3.55. The van der Waals surface area contributed by atoms with Crippen LogP contribution in [0.25, 0.3) is 0 Å². The quantitative estimate of drug-likeness (QED) is 0.906. The summed E-state index contributed by atoms with van der Waals surface area (Å²) in [5, 5.41) is 0.